The molecule has 17 heavy (non-hydrogen) atoms. The van der Waals surface area contributed by atoms with Gasteiger partial charge >= 0.3 is 0 Å². The summed E-state index contributed by atoms with van der Waals surface area (Å²) in [5.41, 5.74) is 0.354. The lowest BCUT2D eigenvalue weighted by molar-refractivity contribution is -0.113. The lowest BCUT2D eigenvalue weighted by Gasteiger charge is -2.23. The molecule has 0 saturated heterocycles. The smallest absolute Gasteiger partial charge is 0.219 e. The minimum atomic E-state index is -0.709. The van der Waals surface area contributed by atoms with Crippen molar-refractivity contribution in [1.82, 2.24) is 0 Å². The van der Waals surface area contributed by atoms with E-state index < -0.39 is 11.2 Å². The second-order valence-electron chi connectivity index (χ2n) is 4.07. The van der Waals surface area contributed by atoms with Gasteiger partial charge in [-0.3, -0.25) is 4.79 Å². The van der Waals surface area contributed by atoms with Gasteiger partial charge in [0.05, 0.1) is 5.41 Å². The molecule has 2 heteroatoms. The molecule has 1 N–H and O–H groups in total. The van der Waals surface area contributed by atoms with Gasteiger partial charge in [0, 0.05) is 0 Å². The van der Waals surface area contributed by atoms with Gasteiger partial charge in [-0.15, -0.1) is 6.42 Å². The van der Waals surface area contributed by atoms with Crippen LogP contribution < -0.4 is 0 Å². The van der Waals surface area contributed by atoms with Gasteiger partial charge in [-0.2, -0.15) is 0 Å². The van der Waals surface area contributed by atoms with Gasteiger partial charge in [0.25, 0.3) is 0 Å². The van der Waals surface area contributed by atoms with Crippen LogP contribution in [-0.4, -0.2) is 10.9 Å². The fraction of sp³-hybridized carbons (Fsp3) is 0.133. The van der Waals surface area contributed by atoms with Crippen LogP contribution >= 0.6 is 0 Å². The molecule has 0 aliphatic heterocycles. The molecular weight excluding hydrogens is 212 g/mol. The molecule has 1 aliphatic rings. The van der Waals surface area contributed by atoms with Gasteiger partial charge in [-0.1, -0.05) is 42.3 Å². The van der Waals surface area contributed by atoms with E-state index in [1.54, 1.807) is 6.08 Å². The van der Waals surface area contributed by atoms with Crippen molar-refractivity contribution in [1.29, 1.82) is 0 Å². The van der Waals surface area contributed by atoms with E-state index in [4.69, 9.17) is 6.42 Å². The Morgan fingerprint density at radius 1 is 1.29 bits per heavy atom. The zero-order valence-electron chi connectivity index (χ0n) is 9.26. The molecule has 0 fully saturated rings. The number of aliphatic hydroxyl groups excluding tert-OH is 1. The third-order valence-corrected chi connectivity index (χ3v) is 2.79. The summed E-state index contributed by atoms with van der Waals surface area (Å²) in [6, 6.07) is 9.73. The van der Waals surface area contributed by atoms with Crippen molar-refractivity contribution in [3.63, 3.8) is 0 Å². The van der Waals surface area contributed by atoms with Crippen LogP contribution in [0.2, 0.25) is 0 Å². The summed E-state index contributed by atoms with van der Waals surface area (Å²) < 4.78 is 0. The first kappa shape index (κ1) is 11.2. The topological polar surface area (TPSA) is 37.3 Å². The average Bonchev–Trinajstić information content (AvgIpc) is 2.35. The van der Waals surface area contributed by atoms with Crippen LogP contribution in [0.1, 0.15) is 5.56 Å². The number of carbonyl (C=O) groups excluding carboxylic acids is 1. The third kappa shape index (κ3) is 2.29. The molecule has 0 saturated carbocycles. The number of ketones is 1. The van der Waals surface area contributed by atoms with Crippen molar-refractivity contribution in [3.05, 3.63) is 59.9 Å². The molecule has 1 atom stereocenters. The maximum atomic E-state index is 11.2. The average molecular weight is 224 g/mol. The number of terminal acetylenes is 1. The van der Waals surface area contributed by atoms with Crippen molar-refractivity contribution >= 4 is 5.78 Å². The first-order chi connectivity index (χ1) is 8.15. The first-order valence-corrected chi connectivity index (χ1v) is 5.32. The number of rotatable bonds is 2. The summed E-state index contributed by atoms with van der Waals surface area (Å²) in [4.78, 5) is 11.2. The highest BCUT2D eigenvalue weighted by Gasteiger charge is 2.28. The van der Waals surface area contributed by atoms with Crippen LogP contribution in [0.4, 0.5) is 0 Å². The zero-order chi connectivity index (χ0) is 12.3. The SMILES string of the molecule is C#CC1(Cc2ccccc2)C=CC(=O)C(O)=C1. The second-order valence-corrected chi connectivity index (χ2v) is 4.07. The molecule has 1 aromatic carbocycles. The molecule has 84 valence electrons. The molecule has 1 aromatic rings. The standard InChI is InChI=1S/C15H12O2/c1-2-15(9-8-13(16)14(17)11-15)10-12-6-4-3-5-7-12/h1,3-9,11,17H,10H2. The van der Waals surface area contributed by atoms with Crippen molar-refractivity contribution in [2.75, 3.05) is 0 Å². The molecule has 0 bridgehead atoms. The van der Waals surface area contributed by atoms with E-state index in [1.165, 1.54) is 12.2 Å². The molecule has 0 amide bonds. The Kier molecular flexibility index (Phi) is 2.84. The lowest BCUT2D eigenvalue weighted by atomic mass is 9.79. The van der Waals surface area contributed by atoms with E-state index in [0.29, 0.717) is 6.42 Å². The molecular formula is C15H12O2. The van der Waals surface area contributed by atoms with Crippen LogP contribution in [-0.2, 0) is 11.2 Å². The van der Waals surface area contributed by atoms with Crippen LogP contribution in [0.15, 0.2) is 54.3 Å². The van der Waals surface area contributed by atoms with E-state index in [1.807, 2.05) is 30.3 Å². The number of allylic oxidation sites excluding steroid dienone is 3. The summed E-state index contributed by atoms with van der Waals surface area (Å²) >= 11 is 0. The number of aliphatic hydroxyl groups is 1. The maximum absolute atomic E-state index is 11.2. The van der Waals surface area contributed by atoms with E-state index >= 15 is 0 Å². The van der Waals surface area contributed by atoms with Gasteiger partial charge < -0.3 is 5.11 Å². The highest BCUT2D eigenvalue weighted by Crippen LogP contribution is 2.30. The highest BCUT2D eigenvalue weighted by atomic mass is 16.3. The Bertz CT molecular complexity index is 532. The normalized spacial score (nSPS) is 23.0. The second kappa shape index (κ2) is 4.31. The molecule has 0 spiro atoms. The van der Waals surface area contributed by atoms with Crippen molar-refractivity contribution in [2.45, 2.75) is 6.42 Å². The van der Waals surface area contributed by atoms with Gasteiger partial charge in [-0.25, -0.2) is 0 Å². The number of carbonyl (C=O) groups is 1. The van der Waals surface area contributed by atoms with Crippen molar-refractivity contribution < 1.29 is 9.90 Å². The van der Waals surface area contributed by atoms with Crippen molar-refractivity contribution in [2.24, 2.45) is 5.41 Å². The van der Waals surface area contributed by atoms with E-state index in [9.17, 15) is 9.90 Å². The van der Waals surface area contributed by atoms with Crippen LogP contribution in [0.3, 0.4) is 0 Å². The summed E-state index contributed by atoms with van der Waals surface area (Å²) in [5, 5.41) is 9.49. The summed E-state index contributed by atoms with van der Waals surface area (Å²) in [6.45, 7) is 0. The van der Waals surface area contributed by atoms with Crippen molar-refractivity contribution in [3.8, 4) is 12.3 Å². The fourth-order valence-electron chi connectivity index (χ4n) is 1.86. The Morgan fingerprint density at radius 2 is 2.00 bits per heavy atom. The molecule has 0 aromatic heterocycles. The first-order valence-electron chi connectivity index (χ1n) is 5.32. The summed E-state index contributed by atoms with van der Waals surface area (Å²) in [6.07, 6.45) is 10.5. The van der Waals surface area contributed by atoms with Crippen LogP contribution in [0, 0.1) is 17.8 Å². The Hall–Kier alpha value is -2.27. The summed E-state index contributed by atoms with van der Waals surface area (Å²) in [5.74, 6) is 1.97. The monoisotopic (exact) mass is 224 g/mol. The maximum Gasteiger partial charge on any atom is 0.219 e. The van der Waals surface area contributed by atoms with Gasteiger partial charge in [0.2, 0.25) is 5.78 Å². The van der Waals surface area contributed by atoms with E-state index in [-0.39, 0.29) is 5.76 Å². The third-order valence-electron chi connectivity index (χ3n) is 2.79. The van der Waals surface area contributed by atoms with E-state index in [0.717, 1.165) is 5.56 Å². The van der Waals surface area contributed by atoms with Gasteiger partial charge in [-0.05, 0) is 24.1 Å². The predicted molar refractivity (Wildman–Crippen MR) is 66.3 cm³/mol. The predicted octanol–water partition coefficient (Wildman–Crippen LogP) is 2.43. The minimum absolute atomic E-state index is 0.276. The van der Waals surface area contributed by atoms with Crippen LogP contribution in [0.5, 0.6) is 0 Å². The van der Waals surface area contributed by atoms with Crippen LogP contribution in [0.25, 0.3) is 0 Å². The Balaban J connectivity index is 2.32. The van der Waals surface area contributed by atoms with E-state index in [2.05, 4.69) is 5.92 Å². The molecule has 1 unspecified atom stereocenters. The molecule has 1 aliphatic carbocycles. The Morgan fingerprint density at radius 3 is 2.59 bits per heavy atom. The molecule has 2 nitrogen and oxygen atoms in total. The van der Waals surface area contributed by atoms with Gasteiger partial charge in [0.1, 0.15) is 0 Å². The quantitative estimate of drug-likeness (QED) is 0.783. The fourth-order valence-corrected chi connectivity index (χ4v) is 1.86. The molecule has 0 heterocycles. The zero-order valence-corrected chi connectivity index (χ0v) is 9.26. The minimum Gasteiger partial charge on any atom is -0.504 e. The Labute approximate surface area is 100 Å². The largest absolute Gasteiger partial charge is 0.504 e. The summed E-state index contributed by atoms with van der Waals surface area (Å²) in [7, 11) is 0. The number of benzene rings is 1. The lowest BCUT2D eigenvalue weighted by Crippen LogP contribution is -2.22. The highest BCUT2D eigenvalue weighted by molar-refractivity contribution is 6.03. The molecule has 2 rings (SSSR count). The number of hydrogen-bond acceptors (Lipinski definition) is 2. The molecule has 0 radical (unpaired) electrons. The van der Waals surface area contributed by atoms with Gasteiger partial charge in [0.15, 0.2) is 5.76 Å². The number of hydrogen-bond donors (Lipinski definition) is 1.